The van der Waals surface area contributed by atoms with Crippen molar-refractivity contribution in [2.24, 2.45) is 0 Å². The lowest BCUT2D eigenvalue weighted by atomic mass is 10.1. The van der Waals surface area contributed by atoms with Crippen LogP contribution in [0.2, 0.25) is 0 Å². The average molecular weight is 286 g/mol. The van der Waals surface area contributed by atoms with Gasteiger partial charge in [0.15, 0.2) is 0 Å². The molecule has 0 spiro atoms. The second-order valence-electron chi connectivity index (χ2n) is 5.21. The summed E-state index contributed by atoms with van der Waals surface area (Å²) in [5.74, 6) is -0.0344. The van der Waals surface area contributed by atoms with Gasteiger partial charge in [0.2, 0.25) is 0 Å². The summed E-state index contributed by atoms with van der Waals surface area (Å²) < 4.78 is 0. The number of hydrogen-bond acceptors (Lipinski definition) is 3. The van der Waals surface area contributed by atoms with Crippen LogP contribution in [0.25, 0.3) is 10.4 Å². The normalized spacial score (nSPS) is 15.4. The monoisotopic (exact) mass is 286 g/mol. The molecule has 0 unspecified atom stereocenters. The van der Waals surface area contributed by atoms with Crippen LogP contribution >= 0.6 is 11.3 Å². The van der Waals surface area contributed by atoms with Crippen LogP contribution in [0.3, 0.4) is 0 Å². The maximum Gasteiger partial charge on any atom is 0.254 e. The van der Waals surface area contributed by atoms with Gasteiger partial charge in [0.05, 0.1) is 10.6 Å². The van der Waals surface area contributed by atoms with E-state index in [1.54, 1.807) is 0 Å². The predicted octanol–water partition coefficient (Wildman–Crippen LogP) is 3.67. The molecule has 0 aliphatic heterocycles. The largest absolute Gasteiger partial charge is 0.390 e. The van der Waals surface area contributed by atoms with Crippen molar-refractivity contribution in [3.8, 4) is 10.4 Å². The summed E-state index contributed by atoms with van der Waals surface area (Å²) in [5.41, 5.74) is 7.72. The number of rotatable bonds is 3. The topological polar surface area (TPSA) is 55.1 Å². The minimum atomic E-state index is -0.0344. The molecule has 1 aromatic carbocycles. The number of nitrogens with one attached hydrogen (secondary N) is 1. The van der Waals surface area contributed by atoms with Crippen molar-refractivity contribution in [3.05, 3.63) is 42.0 Å². The SMILES string of the molecule is Nc1sc(-c2ccccc2)cc1C(=O)NC1CCCC1. The number of carbonyl (C=O) groups is 1. The quantitative estimate of drug-likeness (QED) is 0.904. The van der Waals surface area contributed by atoms with Gasteiger partial charge in [-0.05, 0) is 24.5 Å². The van der Waals surface area contributed by atoms with Crippen molar-refractivity contribution in [1.29, 1.82) is 0 Å². The van der Waals surface area contributed by atoms with E-state index in [1.807, 2.05) is 36.4 Å². The van der Waals surface area contributed by atoms with Gasteiger partial charge in [0.1, 0.15) is 0 Å². The summed E-state index contributed by atoms with van der Waals surface area (Å²) in [7, 11) is 0. The zero-order valence-electron chi connectivity index (χ0n) is 11.3. The Labute approximate surface area is 122 Å². The molecule has 0 radical (unpaired) electrons. The Kier molecular flexibility index (Phi) is 3.74. The third kappa shape index (κ3) is 2.70. The van der Waals surface area contributed by atoms with Gasteiger partial charge >= 0.3 is 0 Å². The molecule has 104 valence electrons. The van der Waals surface area contributed by atoms with Crippen molar-refractivity contribution in [2.75, 3.05) is 5.73 Å². The molecule has 20 heavy (non-hydrogen) atoms. The summed E-state index contributed by atoms with van der Waals surface area (Å²) in [4.78, 5) is 13.3. The molecule has 1 heterocycles. The molecule has 0 bridgehead atoms. The van der Waals surface area contributed by atoms with Crippen molar-refractivity contribution >= 4 is 22.2 Å². The Morgan fingerprint density at radius 2 is 1.90 bits per heavy atom. The molecule has 1 aliphatic rings. The highest BCUT2D eigenvalue weighted by atomic mass is 32.1. The molecule has 1 saturated carbocycles. The molecule has 1 fully saturated rings. The first-order valence-corrected chi connectivity index (χ1v) is 7.81. The van der Waals surface area contributed by atoms with Gasteiger partial charge in [0, 0.05) is 10.9 Å². The van der Waals surface area contributed by atoms with Gasteiger partial charge in [-0.3, -0.25) is 4.79 Å². The Morgan fingerprint density at radius 3 is 2.60 bits per heavy atom. The van der Waals surface area contributed by atoms with E-state index < -0.39 is 0 Å². The number of nitrogens with two attached hydrogens (primary N) is 1. The fourth-order valence-electron chi connectivity index (χ4n) is 2.66. The van der Waals surface area contributed by atoms with Crippen LogP contribution in [0.4, 0.5) is 5.00 Å². The minimum Gasteiger partial charge on any atom is -0.390 e. The second kappa shape index (κ2) is 5.67. The number of carbonyl (C=O) groups excluding carboxylic acids is 1. The fraction of sp³-hybridized carbons (Fsp3) is 0.312. The highest BCUT2D eigenvalue weighted by molar-refractivity contribution is 7.19. The average Bonchev–Trinajstić information content (AvgIpc) is 3.09. The molecule has 2 aromatic rings. The Morgan fingerprint density at radius 1 is 1.20 bits per heavy atom. The van der Waals surface area contributed by atoms with Gasteiger partial charge in [-0.25, -0.2) is 0 Å². The van der Waals surface area contributed by atoms with E-state index in [0.29, 0.717) is 16.6 Å². The van der Waals surface area contributed by atoms with Crippen LogP contribution in [0, 0.1) is 0 Å². The highest BCUT2D eigenvalue weighted by Crippen LogP contribution is 2.33. The Hall–Kier alpha value is -1.81. The molecule has 3 rings (SSSR count). The van der Waals surface area contributed by atoms with E-state index in [1.165, 1.54) is 24.2 Å². The van der Waals surface area contributed by atoms with Crippen molar-refractivity contribution < 1.29 is 4.79 Å². The molecule has 3 nitrogen and oxygen atoms in total. The van der Waals surface area contributed by atoms with Crippen molar-refractivity contribution in [1.82, 2.24) is 5.32 Å². The van der Waals surface area contributed by atoms with E-state index >= 15 is 0 Å². The van der Waals surface area contributed by atoms with Crippen LogP contribution in [0.15, 0.2) is 36.4 Å². The third-order valence-electron chi connectivity index (χ3n) is 3.75. The Bertz CT molecular complexity index is 600. The lowest BCUT2D eigenvalue weighted by molar-refractivity contribution is 0.0939. The van der Waals surface area contributed by atoms with Crippen LogP contribution < -0.4 is 11.1 Å². The summed E-state index contributed by atoms with van der Waals surface area (Å²) in [6.45, 7) is 0. The van der Waals surface area contributed by atoms with E-state index in [9.17, 15) is 4.79 Å². The van der Waals surface area contributed by atoms with E-state index in [4.69, 9.17) is 5.73 Å². The number of benzene rings is 1. The second-order valence-corrected chi connectivity index (χ2v) is 6.29. The first kappa shape index (κ1) is 13.2. The molecule has 1 aliphatic carbocycles. The zero-order chi connectivity index (χ0) is 13.9. The number of amides is 1. The summed E-state index contributed by atoms with van der Waals surface area (Å²) in [6.07, 6.45) is 4.58. The molecular formula is C16H18N2OS. The zero-order valence-corrected chi connectivity index (χ0v) is 12.1. The van der Waals surface area contributed by atoms with Gasteiger partial charge in [-0.1, -0.05) is 43.2 Å². The van der Waals surface area contributed by atoms with Crippen LogP contribution in [0.1, 0.15) is 36.0 Å². The third-order valence-corrected chi connectivity index (χ3v) is 4.77. The molecule has 0 saturated heterocycles. The number of anilines is 1. The molecule has 3 N–H and O–H groups in total. The highest BCUT2D eigenvalue weighted by Gasteiger charge is 2.20. The first-order chi connectivity index (χ1) is 9.74. The molecular weight excluding hydrogens is 268 g/mol. The molecule has 1 amide bonds. The van der Waals surface area contributed by atoms with Crippen LogP contribution in [0.5, 0.6) is 0 Å². The molecule has 4 heteroatoms. The summed E-state index contributed by atoms with van der Waals surface area (Å²) >= 11 is 1.47. The Balaban J connectivity index is 1.80. The molecule has 0 atom stereocenters. The summed E-state index contributed by atoms with van der Waals surface area (Å²) in [6, 6.07) is 12.2. The maximum absolute atomic E-state index is 12.3. The van der Waals surface area contributed by atoms with E-state index in [0.717, 1.165) is 23.3 Å². The van der Waals surface area contributed by atoms with Crippen LogP contribution in [-0.4, -0.2) is 11.9 Å². The first-order valence-electron chi connectivity index (χ1n) is 6.99. The van der Waals surface area contributed by atoms with E-state index in [-0.39, 0.29) is 5.91 Å². The number of hydrogen-bond donors (Lipinski definition) is 2. The lowest BCUT2D eigenvalue weighted by Crippen LogP contribution is -2.32. The van der Waals surface area contributed by atoms with Gasteiger partial charge < -0.3 is 11.1 Å². The standard InChI is InChI=1S/C16H18N2OS/c17-15-13(16(19)18-12-8-4-5-9-12)10-14(20-15)11-6-2-1-3-7-11/h1-3,6-7,10,12H,4-5,8-9,17H2,(H,18,19). The van der Waals surface area contributed by atoms with Gasteiger partial charge in [-0.2, -0.15) is 0 Å². The van der Waals surface area contributed by atoms with Gasteiger partial charge in [0.25, 0.3) is 5.91 Å². The fourth-order valence-corrected chi connectivity index (χ4v) is 3.59. The van der Waals surface area contributed by atoms with E-state index in [2.05, 4.69) is 5.32 Å². The van der Waals surface area contributed by atoms with Crippen molar-refractivity contribution in [3.63, 3.8) is 0 Å². The smallest absolute Gasteiger partial charge is 0.254 e. The summed E-state index contributed by atoms with van der Waals surface area (Å²) in [5, 5.41) is 3.69. The predicted molar refractivity (Wildman–Crippen MR) is 83.9 cm³/mol. The number of thiophene rings is 1. The minimum absolute atomic E-state index is 0.0344. The van der Waals surface area contributed by atoms with Crippen molar-refractivity contribution in [2.45, 2.75) is 31.7 Å². The lowest BCUT2D eigenvalue weighted by Gasteiger charge is -2.11. The number of nitrogen functional groups attached to an aromatic ring is 1. The van der Waals surface area contributed by atoms with Gasteiger partial charge in [-0.15, -0.1) is 11.3 Å². The maximum atomic E-state index is 12.3. The molecule has 1 aromatic heterocycles. The van der Waals surface area contributed by atoms with Crippen LogP contribution in [-0.2, 0) is 0 Å².